The molecule has 1 aromatic carbocycles. The van der Waals surface area contributed by atoms with E-state index in [9.17, 15) is 9.90 Å². The van der Waals surface area contributed by atoms with Crippen LogP contribution in [0.15, 0.2) is 36.5 Å². The number of rotatable bonds is 4. The number of carboxylic acid groups (broad SMARTS) is 1. The maximum atomic E-state index is 12.1. The number of carboxylic acids is 1. The second-order valence-electron chi connectivity index (χ2n) is 8.06. The fourth-order valence-corrected chi connectivity index (χ4v) is 4.61. The minimum Gasteiger partial charge on any atom is -0.478 e. The molecule has 1 N–H and O–H groups in total. The van der Waals surface area contributed by atoms with Gasteiger partial charge in [-0.2, -0.15) is 0 Å². The van der Waals surface area contributed by atoms with Crippen LogP contribution in [0.3, 0.4) is 0 Å². The summed E-state index contributed by atoms with van der Waals surface area (Å²) in [6, 6.07) is 10.5. The van der Waals surface area contributed by atoms with Crippen LogP contribution in [0, 0.1) is 20.8 Å². The van der Waals surface area contributed by atoms with Crippen LogP contribution in [0.25, 0.3) is 16.6 Å². The van der Waals surface area contributed by atoms with Crippen molar-refractivity contribution in [1.29, 1.82) is 0 Å². The number of aromatic nitrogens is 1. The molecule has 4 rings (SSSR count). The highest BCUT2D eigenvalue weighted by molar-refractivity contribution is 5.94. The van der Waals surface area contributed by atoms with E-state index in [1.54, 1.807) is 0 Å². The van der Waals surface area contributed by atoms with Gasteiger partial charge in [0.15, 0.2) is 0 Å². The van der Waals surface area contributed by atoms with Crippen LogP contribution in [0.2, 0.25) is 0 Å². The SMILES string of the molecule is Cc1cc(C)cc(-c2ccn3c(C(C)N4CCOCC4)c(C)c(C(=O)O)cc23)c1. The number of morpholine rings is 1. The van der Waals surface area contributed by atoms with E-state index in [-0.39, 0.29) is 6.04 Å². The summed E-state index contributed by atoms with van der Waals surface area (Å²) in [5.74, 6) is -0.881. The average molecular weight is 392 g/mol. The Morgan fingerprint density at radius 2 is 1.72 bits per heavy atom. The highest BCUT2D eigenvalue weighted by Crippen LogP contribution is 2.34. The smallest absolute Gasteiger partial charge is 0.336 e. The first-order valence-electron chi connectivity index (χ1n) is 10.1. The number of hydrogen-bond acceptors (Lipinski definition) is 3. The number of hydrogen-bond donors (Lipinski definition) is 1. The molecule has 1 unspecified atom stereocenters. The first kappa shape index (κ1) is 19.7. The number of benzene rings is 1. The number of carbonyl (C=O) groups is 1. The van der Waals surface area contributed by atoms with Crippen LogP contribution in [0.5, 0.6) is 0 Å². The van der Waals surface area contributed by atoms with Gasteiger partial charge in [-0.05, 0) is 51.0 Å². The molecule has 1 aliphatic rings. The van der Waals surface area contributed by atoms with Gasteiger partial charge in [-0.1, -0.05) is 29.3 Å². The van der Waals surface area contributed by atoms with Gasteiger partial charge in [0, 0.05) is 36.6 Å². The van der Waals surface area contributed by atoms with Crippen molar-refractivity contribution in [2.45, 2.75) is 33.7 Å². The Kier molecular flexibility index (Phi) is 5.19. The van der Waals surface area contributed by atoms with E-state index in [1.165, 1.54) is 11.1 Å². The zero-order chi connectivity index (χ0) is 20.7. The van der Waals surface area contributed by atoms with Gasteiger partial charge < -0.3 is 14.2 Å². The molecule has 5 heteroatoms. The van der Waals surface area contributed by atoms with Crippen LogP contribution < -0.4 is 0 Å². The summed E-state index contributed by atoms with van der Waals surface area (Å²) in [6.45, 7) is 11.4. The number of fused-ring (bicyclic) bond motifs is 1. The molecule has 0 bridgehead atoms. The minimum absolute atomic E-state index is 0.0974. The maximum Gasteiger partial charge on any atom is 0.336 e. The Hall–Kier alpha value is -2.63. The van der Waals surface area contributed by atoms with E-state index in [0.29, 0.717) is 18.8 Å². The van der Waals surface area contributed by atoms with Crippen LogP contribution >= 0.6 is 0 Å². The van der Waals surface area contributed by atoms with Crippen molar-refractivity contribution in [2.24, 2.45) is 0 Å². The topological polar surface area (TPSA) is 54.2 Å². The normalized spacial score (nSPS) is 16.3. The molecule has 2 aromatic heterocycles. The van der Waals surface area contributed by atoms with Crippen LogP contribution in [-0.4, -0.2) is 46.7 Å². The molecule has 1 fully saturated rings. The first-order valence-corrected chi connectivity index (χ1v) is 10.1. The van der Waals surface area contributed by atoms with E-state index < -0.39 is 5.97 Å². The largest absolute Gasteiger partial charge is 0.478 e. The second kappa shape index (κ2) is 7.65. The molecule has 1 atom stereocenters. The predicted octanol–water partition coefficient (Wildman–Crippen LogP) is 4.62. The molecular formula is C24H28N2O3. The maximum absolute atomic E-state index is 12.1. The summed E-state index contributed by atoms with van der Waals surface area (Å²) in [6.07, 6.45) is 2.08. The van der Waals surface area contributed by atoms with Gasteiger partial charge in [0.2, 0.25) is 0 Å². The molecule has 0 aliphatic carbocycles. The lowest BCUT2D eigenvalue weighted by Gasteiger charge is -2.34. The van der Waals surface area contributed by atoms with Crippen molar-refractivity contribution in [3.05, 3.63) is 64.5 Å². The van der Waals surface area contributed by atoms with E-state index in [4.69, 9.17) is 4.74 Å². The Balaban J connectivity index is 1.94. The van der Waals surface area contributed by atoms with Crippen LogP contribution in [0.1, 0.15) is 45.7 Å². The van der Waals surface area contributed by atoms with E-state index >= 15 is 0 Å². The molecule has 29 heavy (non-hydrogen) atoms. The van der Waals surface area contributed by atoms with Crippen molar-refractivity contribution in [3.63, 3.8) is 0 Å². The molecule has 0 amide bonds. The van der Waals surface area contributed by atoms with Crippen LogP contribution in [-0.2, 0) is 4.74 Å². The Morgan fingerprint density at radius 3 is 2.34 bits per heavy atom. The summed E-state index contributed by atoms with van der Waals surface area (Å²) in [7, 11) is 0. The number of ether oxygens (including phenoxy) is 1. The molecule has 3 aromatic rings. The van der Waals surface area contributed by atoms with Crippen molar-refractivity contribution in [2.75, 3.05) is 26.3 Å². The van der Waals surface area contributed by atoms with Crippen molar-refractivity contribution < 1.29 is 14.6 Å². The number of aromatic carboxylic acids is 1. The molecule has 3 heterocycles. The summed E-state index contributed by atoms with van der Waals surface area (Å²) < 4.78 is 7.68. The van der Waals surface area contributed by atoms with E-state index in [0.717, 1.165) is 41.0 Å². The Bertz CT molecular complexity index is 1060. The summed E-state index contributed by atoms with van der Waals surface area (Å²) in [5, 5.41) is 9.89. The van der Waals surface area contributed by atoms with E-state index in [2.05, 4.69) is 60.5 Å². The molecular weight excluding hydrogens is 364 g/mol. The van der Waals surface area contributed by atoms with Gasteiger partial charge in [-0.25, -0.2) is 4.79 Å². The molecule has 0 spiro atoms. The molecule has 1 saturated heterocycles. The van der Waals surface area contributed by atoms with Gasteiger partial charge in [0.1, 0.15) is 0 Å². The van der Waals surface area contributed by atoms with E-state index in [1.807, 2.05) is 13.0 Å². The number of pyridine rings is 1. The Morgan fingerprint density at radius 1 is 1.07 bits per heavy atom. The van der Waals surface area contributed by atoms with Crippen molar-refractivity contribution >= 4 is 11.5 Å². The number of nitrogens with zero attached hydrogens (tertiary/aromatic N) is 2. The first-order chi connectivity index (χ1) is 13.9. The van der Waals surface area contributed by atoms with Gasteiger partial charge in [0.05, 0.1) is 24.3 Å². The predicted molar refractivity (Wildman–Crippen MR) is 115 cm³/mol. The third-order valence-corrected chi connectivity index (χ3v) is 6.01. The van der Waals surface area contributed by atoms with Crippen molar-refractivity contribution in [1.82, 2.24) is 9.30 Å². The molecule has 0 radical (unpaired) electrons. The summed E-state index contributed by atoms with van der Waals surface area (Å²) >= 11 is 0. The van der Waals surface area contributed by atoms with Gasteiger partial charge in [-0.15, -0.1) is 0 Å². The molecule has 0 saturated carbocycles. The number of aryl methyl sites for hydroxylation is 2. The molecule has 1 aliphatic heterocycles. The standard InChI is InChI=1S/C24H28N2O3/c1-15-11-16(2)13-19(12-15)20-5-6-26-22(20)14-21(24(27)28)17(3)23(26)18(4)25-7-9-29-10-8-25/h5-6,11-14,18H,7-10H2,1-4H3,(H,27,28). The van der Waals surface area contributed by atoms with Gasteiger partial charge in [0.25, 0.3) is 0 Å². The van der Waals surface area contributed by atoms with Gasteiger partial charge in [-0.3, -0.25) is 4.90 Å². The molecule has 152 valence electrons. The van der Waals surface area contributed by atoms with Crippen molar-refractivity contribution in [3.8, 4) is 11.1 Å². The fourth-order valence-electron chi connectivity index (χ4n) is 4.61. The fraction of sp³-hybridized carbons (Fsp3) is 0.375. The van der Waals surface area contributed by atoms with Crippen LogP contribution in [0.4, 0.5) is 0 Å². The van der Waals surface area contributed by atoms with Gasteiger partial charge >= 0.3 is 5.97 Å². The third kappa shape index (κ3) is 3.56. The highest BCUT2D eigenvalue weighted by atomic mass is 16.5. The third-order valence-electron chi connectivity index (χ3n) is 6.01. The zero-order valence-corrected chi connectivity index (χ0v) is 17.5. The lowest BCUT2D eigenvalue weighted by molar-refractivity contribution is 0.0187. The monoisotopic (exact) mass is 392 g/mol. The highest BCUT2D eigenvalue weighted by Gasteiger charge is 2.26. The lowest BCUT2D eigenvalue weighted by atomic mass is 9.98. The zero-order valence-electron chi connectivity index (χ0n) is 17.5. The summed E-state index contributed by atoms with van der Waals surface area (Å²) in [4.78, 5) is 14.4. The second-order valence-corrected chi connectivity index (χ2v) is 8.06. The Labute approximate surface area is 171 Å². The average Bonchev–Trinajstić information content (AvgIpc) is 3.10. The minimum atomic E-state index is -0.881. The summed E-state index contributed by atoms with van der Waals surface area (Å²) in [5.41, 5.74) is 7.76. The quantitative estimate of drug-likeness (QED) is 0.704. The molecule has 5 nitrogen and oxygen atoms in total. The lowest BCUT2D eigenvalue weighted by Crippen LogP contribution is -2.39.